The second-order valence-corrected chi connectivity index (χ2v) is 4.32. The zero-order valence-corrected chi connectivity index (χ0v) is 10.6. The largest absolute Gasteiger partial charge is 0.496 e. The van der Waals surface area contributed by atoms with Gasteiger partial charge in [0.15, 0.2) is 0 Å². The van der Waals surface area contributed by atoms with Crippen molar-refractivity contribution in [3.63, 3.8) is 0 Å². The molecule has 3 heteroatoms. The van der Waals surface area contributed by atoms with Gasteiger partial charge >= 0.3 is 0 Å². The molecule has 0 aliphatic rings. The van der Waals surface area contributed by atoms with Gasteiger partial charge in [0.25, 0.3) is 0 Å². The van der Waals surface area contributed by atoms with Crippen molar-refractivity contribution < 1.29 is 9.13 Å². The number of hydrogen-bond donors (Lipinski definition) is 0. The molecule has 1 nitrogen and oxygen atoms in total. The SMILES string of the molecule is COc1ccccc1C(C)C(F)CCBr. The third kappa shape index (κ3) is 3.20. The second kappa shape index (κ2) is 6.11. The van der Waals surface area contributed by atoms with Crippen molar-refractivity contribution in [1.82, 2.24) is 0 Å². The summed E-state index contributed by atoms with van der Waals surface area (Å²) >= 11 is 3.26. The molecule has 15 heavy (non-hydrogen) atoms. The number of ether oxygens (including phenoxy) is 1. The Bertz CT molecular complexity index is 303. The van der Waals surface area contributed by atoms with E-state index >= 15 is 0 Å². The summed E-state index contributed by atoms with van der Waals surface area (Å²) in [6.07, 6.45) is -0.306. The van der Waals surface area contributed by atoms with Gasteiger partial charge in [-0.25, -0.2) is 4.39 Å². The van der Waals surface area contributed by atoms with Crippen molar-refractivity contribution in [2.24, 2.45) is 0 Å². The summed E-state index contributed by atoms with van der Waals surface area (Å²) in [4.78, 5) is 0. The predicted octanol–water partition coefficient (Wildman–Crippen LogP) is 3.92. The molecule has 0 radical (unpaired) electrons. The normalized spacial score (nSPS) is 14.7. The average molecular weight is 275 g/mol. The highest BCUT2D eigenvalue weighted by Crippen LogP contribution is 2.31. The lowest BCUT2D eigenvalue weighted by atomic mass is 9.94. The molecule has 0 bridgehead atoms. The molecule has 2 unspecified atom stereocenters. The van der Waals surface area contributed by atoms with E-state index in [9.17, 15) is 4.39 Å². The summed E-state index contributed by atoms with van der Waals surface area (Å²) in [7, 11) is 1.61. The third-order valence-electron chi connectivity index (χ3n) is 2.56. The fraction of sp³-hybridized carbons (Fsp3) is 0.500. The Labute approximate surface area is 98.8 Å². The zero-order valence-electron chi connectivity index (χ0n) is 9.04. The topological polar surface area (TPSA) is 9.23 Å². The molecule has 0 N–H and O–H groups in total. The third-order valence-corrected chi connectivity index (χ3v) is 3.01. The number of benzene rings is 1. The minimum absolute atomic E-state index is 0.126. The number of halogens is 2. The molecule has 84 valence electrons. The van der Waals surface area contributed by atoms with Crippen LogP contribution in [0.2, 0.25) is 0 Å². The van der Waals surface area contributed by atoms with Gasteiger partial charge in [0, 0.05) is 11.2 Å². The Morgan fingerprint density at radius 3 is 2.67 bits per heavy atom. The van der Waals surface area contributed by atoms with Gasteiger partial charge in [-0.1, -0.05) is 41.1 Å². The molecule has 0 heterocycles. The summed E-state index contributed by atoms with van der Waals surface area (Å²) in [5, 5.41) is 0.688. The summed E-state index contributed by atoms with van der Waals surface area (Å²) in [6.45, 7) is 1.89. The van der Waals surface area contributed by atoms with E-state index in [1.807, 2.05) is 31.2 Å². The fourth-order valence-corrected chi connectivity index (χ4v) is 2.03. The maximum absolute atomic E-state index is 13.7. The van der Waals surface area contributed by atoms with Crippen LogP contribution >= 0.6 is 15.9 Å². The van der Waals surface area contributed by atoms with Crippen molar-refractivity contribution >= 4 is 15.9 Å². The zero-order chi connectivity index (χ0) is 11.3. The predicted molar refractivity (Wildman–Crippen MR) is 64.7 cm³/mol. The molecular formula is C12H16BrFO. The highest BCUT2D eigenvalue weighted by Gasteiger charge is 2.20. The Morgan fingerprint density at radius 1 is 1.40 bits per heavy atom. The first-order valence-electron chi connectivity index (χ1n) is 5.03. The van der Waals surface area contributed by atoms with E-state index in [1.54, 1.807) is 7.11 Å². The van der Waals surface area contributed by atoms with Gasteiger partial charge in [0.1, 0.15) is 11.9 Å². The molecule has 0 spiro atoms. The van der Waals surface area contributed by atoms with Crippen LogP contribution in [0.5, 0.6) is 5.75 Å². The van der Waals surface area contributed by atoms with Gasteiger partial charge in [0.05, 0.1) is 7.11 Å². The Morgan fingerprint density at radius 2 is 2.07 bits per heavy atom. The lowest BCUT2D eigenvalue weighted by Crippen LogP contribution is -2.12. The highest BCUT2D eigenvalue weighted by atomic mass is 79.9. The van der Waals surface area contributed by atoms with Crippen molar-refractivity contribution in [2.45, 2.75) is 25.4 Å². The quantitative estimate of drug-likeness (QED) is 0.740. The maximum Gasteiger partial charge on any atom is 0.122 e. The monoisotopic (exact) mass is 274 g/mol. The standard InChI is InChI=1S/C12H16BrFO/c1-9(11(14)7-8-13)10-5-3-4-6-12(10)15-2/h3-6,9,11H,7-8H2,1-2H3. The average Bonchev–Trinajstić information content (AvgIpc) is 2.28. The van der Waals surface area contributed by atoms with Crippen LogP contribution in [0.25, 0.3) is 0 Å². The lowest BCUT2D eigenvalue weighted by Gasteiger charge is -2.18. The van der Waals surface area contributed by atoms with Crippen LogP contribution in [0.15, 0.2) is 24.3 Å². The molecule has 0 aliphatic carbocycles. The molecule has 0 aromatic heterocycles. The first-order valence-corrected chi connectivity index (χ1v) is 6.15. The number of rotatable bonds is 5. The number of para-hydroxylation sites is 1. The van der Waals surface area contributed by atoms with E-state index < -0.39 is 6.17 Å². The van der Waals surface area contributed by atoms with Crippen LogP contribution in [0.4, 0.5) is 4.39 Å². The van der Waals surface area contributed by atoms with Crippen molar-refractivity contribution in [1.29, 1.82) is 0 Å². The Hall–Kier alpha value is -0.570. The Balaban J connectivity index is 2.84. The van der Waals surface area contributed by atoms with Crippen LogP contribution in [-0.2, 0) is 0 Å². The van der Waals surface area contributed by atoms with Gasteiger partial charge in [-0.3, -0.25) is 0 Å². The first kappa shape index (κ1) is 12.5. The van der Waals surface area contributed by atoms with E-state index in [-0.39, 0.29) is 5.92 Å². The molecular weight excluding hydrogens is 259 g/mol. The Kier molecular flexibility index (Phi) is 5.09. The maximum atomic E-state index is 13.7. The van der Waals surface area contributed by atoms with Crippen LogP contribution in [0, 0.1) is 0 Å². The van der Waals surface area contributed by atoms with Crippen LogP contribution in [0.1, 0.15) is 24.8 Å². The molecule has 0 saturated carbocycles. The number of alkyl halides is 2. The van der Waals surface area contributed by atoms with Gasteiger partial charge < -0.3 is 4.74 Å². The minimum Gasteiger partial charge on any atom is -0.496 e. The van der Waals surface area contributed by atoms with Crippen molar-refractivity contribution in [3.05, 3.63) is 29.8 Å². The molecule has 0 saturated heterocycles. The van der Waals surface area contributed by atoms with Crippen LogP contribution in [-0.4, -0.2) is 18.6 Å². The van der Waals surface area contributed by atoms with Gasteiger partial charge in [0.2, 0.25) is 0 Å². The first-order chi connectivity index (χ1) is 7.20. The fourth-order valence-electron chi connectivity index (χ4n) is 1.59. The van der Waals surface area contributed by atoms with E-state index in [0.29, 0.717) is 11.8 Å². The van der Waals surface area contributed by atoms with Crippen LogP contribution < -0.4 is 4.74 Å². The van der Waals surface area contributed by atoms with E-state index in [1.165, 1.54) is 0 Å². The van der Waals surface area contributed by atoms with E-state index in [0.717, 1.165) is 11.3 Å². The van der Waals surface area contributed by atoms with Crippen molar-refractivity contribution in [2.75, 3.05) is 12.4 Å². The molecule has 1 rings (SSSR count). The molecule has 2 atom stereocenters. The smallest absolute Gasteiger partial charge is 0.122 e. The summed E-state index contributed by atoms with van der Waals surface area (Å²) < 4.78 is 18.9. The van der Waals surface area contributed by atoms with E-state index in [4.69, 9.17) is 4.74 Å². The van der Waals surface area contributed by atoms with Crippen LogP contribution in [0.3, 0.4) is 0 Å². The molecule has 0 amide bonds. The second-order valence-electron chi connectivity index (χ2n) is 3.52. The van der Waals surface area contributed by atoms with Gasteiger partial charge in [-0.05, 0) is 18.1 Å². The number of hydrogen-bond acceptors (Lipinski definition) is 1. The summed E-state index contributed by atoms with van der Waals surface area (Å²) in [5.41, 5.74) is 0.938. The molecule has 0 aliphatic heterocycles. The molecule has 1 aromatic carbocycles. The highest BCUT2D eigenvalue weighted by molar-refractivity contribution is 9.09. The molecule has 0 fully saturated rings. The minimum atomic E-state index is -0.833. The van der Waals surface area contributed by atoms with Crippen molar-refractivity contribution in [3.8, 4) is 5.75 Å². The molecule has 1 aromatic rings. The number of methoxy groups -OCH3 is 1. The summed E-state index contributed by atoms with van der Waals surface area (Å²) in [5.74, 6) is 0.640. The summed E-state index contributed by atoms with van der Waals surface area (Å²) in [6, 6.07) is 7.60. The lowest BCUT2D eigenvalue weighted by molar-refractivity contribution is 0.280. The van der Waals surface area contributed by atoms with Gasteiger partial charge in [-0.15, -0.1) is 0 Å². The van der Waals surface area contributed by atoms with Gasteiger partial charge in [-0.2, -0.15) is 0 Å². The van der Waals surface area contributed by atoms with E-state index in [2.05, 4.69) is 15.9 Å².